The first-order valence-corrected chi connectivity index (χ1v) is 13.6. The summed E-state index contributed by atoms with van der Waals surface area (Å²) in [5, 5.41) is 21.8. The molecule has 1 heterocycles. The van der Waals surface area contributed by atoms with Gasteiger partial charge in [0, 0.05) is 17.7 Å². The van der Waals surface area contributed by atoms with Crippen molar-refractivity contribution in [2.24, 2.45) is 4.99 Å². The van der Waals surface area contributed by atoms with Crippen molar-refractivity contribution in [3.8, 4) is 5.75 Å². The molecule has 1 aliphatic heterocycles. The molecule has 204 valence electrons. The van der Waals surface area contributed by atoms with Crippen LogP contribution in [0.2, 0.25) is 0 Å². The molecule has 0 radical (unpaired) electrons. The van der Waals surface area contributed by atoms with Gasteiger partial charge >= 0.3 is 5.97 Å². The molecule has 3 aromatic rings. The number of hydrogen-bond acceptors (Lipinski definition) is 8. The zero-order valence-electron chi connectivity index (χ0n) is 21.4. The van der Waals surface area contributed by atoms with E-state index in [0.717, 1.165) is 22.9 Å². The summed E-state index contributed by atoms with van der Waals surface area (Å²) in [5.41, 5.74) is 2.62. The molecule has 0 fully saturated rings. The topological polar surface area (TPSA) is 128 Å². The van der Waals surface area contributed by atoms with Crippen molar-refractivity contribution in [1.29, 1.82) is 0 Å². The van der Waals surface area contributed by atoms with Gasteiger partial charge in [0.05, 0.1) is 20.9 Å². The Bertz CT molecular complexity index is 1560. The lowest BCUT2D eigenvalue weighted by Crippen LogP contribution is -2.14. The number of rotatable bonds is 8. The van der Waals surface area contributed by atoms with Crippen molar-refractivity contribution in [2.75, 3.05) is 6.61 Å². The minimum absolute atomic E-state index is 0.00300. The summed E-state index contributed by atoms with van der Waals surface area (Å²) in [7, 11) is 0. The zero-order valence-corrected chi connectivity index (χ0v) is 23.8. The van der Waals surface area contributed by atoms with Crippen LogP contribution in [0.15, 0.2) is 92.4 Å². The molecule has 0 aliphatic carbocycles. The van der Waals surface area contributed by atoms with Gasteiger partial charge in [0.1, 0.15) is 28.7 Å². The normalized spacial score (nSPS) is 15.0. The highest BCUT2D eigenvalue weighted by molar-refractivity contribution is 9.10. The van der Waals surface area contributed by atoms with E-state index in [4.69, 9.17) is 9.47 Å². The first-order chi connectivity index (χ1) is 19.2. The van der Waals surface area contributed by atoms with Gasteiger partial charge in [-0.05, 0) is 83.4 Å². The molecule has 11 heteroatoms. The summed E-state index contributed by atoms with van der Waals surface area (Å²) in [4.78, 5) is 40.2. The quantitative estimate of drug-likeness (QED) is 0.162. The minimum Gasteiger partial charge on any atom is -0.506 e. The van der Waals surface area contributed by atoms with Gasteiger partial charge in [-0.15, -0.1) is 0 Å². The Morgan fingerprint density at radius 2 is 1.80 bits per heavy atom. The number of aliphatic imine (C=N–C) groups is 1. The maximum Gasteiger partial charge on any atom is 0.344 e. The number of thioether (sulfide) groups is 1. The van der Waals surface area contributed by atoms with Crippen LogP contribution in [0.5, 0.6) is 5.75 Å². The van der Waals surface area contributed by atoms with Gasteiger partial charge in [-0.2, -0.15) is 0 Å². The summed E-state index contributed by atoms with van der Waals surface area (Å²) in [6.07, 6.45) is 1.66. The number of aliphatic hydroxyl groups excluding tert-OH is 1. The van der Waals surface area contributed by atoms with Gasteiger partial charge < -0.3 is 14.6 Å². The van der Waals surface area contributed by atoms with E-state index < -0.39 is 16.8 Å². The third-order valence-corrected chi connectivity index (χ3v) is 7.31. The number of carbonyl (C=O) groups excluding carboxylic acids is 2. The average Bonchev–Trinajstić information content (AvgIpc) is 3.22. The van der Waals surface area contributed by atoms with E-state index in [-0.39, 0.29) is 35.3 Å². The summed E-state index contributed by atoms with van der Waals surface area (Å²) < 4.78 is 11.6. The van der Waals surface area contributed by atoms with E-state index in [9.17, 15) is 24.8 Å². The van der Waals surface area contributed by atoms with Crippen LogP contribution in [0.25, 0.3) is 6.08 Å². The Balaban J connectivity index is 1.55. The van der Waals surface area contributed by atoms with Gasteiger partial charge in [-0.25, -0.2) is 9.79 Å². The minimum atomic E-state index is -0.775. The highest BCUT2D eigenvalue weighted by Crippen LogP contribution is 2.40. The van der Waals surface area contributed by atoms with Crippen LogP contribution in [0.1, 0.15) is 34.0 Å². The first kappa shape index (κ1) is 28.8. The average molecular weight is 623 g/mol. The molecule has 4 rings (SSSR count). The molecule has 1 amide bonds. The maximum atomic E-state index is 12.8. The number of halogens is 1. The summed E-state index contributed by atoms with van der Waals surface area (Å²) in [6.45, 7) is 3.84. The molecule has 1 aliphatic rings. The van der Waals surface area contributed by atoms with E-state index in [1.54, 1.807) is 67.6 Å². The third kappa shape index (κ3) is 6.85. The number of esters is 1. The van der Waals surface area contributed by atoms with Crippen molar-refractivity contribution >= 4 is 56.4 Å². The summed E-state index contributed by atoms with van der Waals surface area (Å²) in [5.74, 6) is -1.11. The van der Waals surface area contributed by atoms with E-state index in [1.165, 1.54) is 12.1 Å². The van der Waals surface area contributed by atoms with Crippen LogP contribution >= 0.6 is 27.7 Å². The summed E-state index contributed by atoms with van der Waals surface area (Å²) >= 11 is 4.47. The lowest BCUT2D eigenvalue weighted by atomic mass is 10.1. The monoisotopic (exact) mass is 622 g/mol. The molecular formula is C29H23BrN2O7S. The number of amides is 1. The number of aliphatic hydroxyl groups is 1. The highest BCUT2D eigenvalue weighted by Gasteiger charge is 2.34. The van der Waals surface area contributed by atoms with Crippen LogP contribution in [-0.4, -0.2) is 33.6 Å². The fraction of sp³-hybridized carbons (Fsp3) is 0.138. The van der Waals surface area contributed by atoms with E-state index in [2.05, 4.69) is 20.9 Å². The molecule has 0 saturated carbocycles. The van der Waals surface area contributed by atoms with Gasteiger partial charge in [0.15, 0.2) is 0 Å². The van der Waals surface area contributed by atoms with Crippen molar-refractivity contribution in [3.63, 3.8) is 0 Å². The second kappa shape index (κ2) is 12.8. The van der Waals surface area contributed by atoms with E-state index in [0.29, 0.717) is 26.3 Å². The number of nitrogens with zero attached hydrogens (tertiary/aromatic N) is 2. The second-order valence-corrected chi connectivity index (χ2v) is 10.4. The van der Waals surface area contributed by atoms with Crippen LogP contribution in [0.4, 0.5) is 5.69 Å². The number of carbonyl (C=O) groups is 2. The molecular weight excluding hydrogens is 600 g/mol. The number of benzene rings is 3. The third-order valence-electron chi connectivity index (χ3n) is 5.67. The molecule has 3 aromatic carbocycles. The maximum absolute atomic E-state index is 12.8. The van der Waals surface area contributed by atoms with Gasteiger partial charge in [0.25, 0.3) is 11.6 Å². The lowest BCUT2D eigenvalue weighted by molar-refractivity contribution is -0.384. The molecule has 0 unspecified atom stereocenters. The molecule has 0 bridgehead atoms. The largest absolute Gasteiger partial charge is 0.506 e. The second-order valence-electron chi connectivity index (χ2n) is 8.54. The van der Waals surface area contributed by atoms with Crippen LogP contribution in [-0.2, 0) is 16.1 Å². The zero-order chi connectivity index (χ0) is 28.8. The van der Waals surface area contributed by atoms with Crippen LogP contribution in [0, 0.1) is 17.0 Å². The molecule has 0 atom stereocenters. The Morgan fingerprint density at radius 3 is 2.42 bits per heavy atom. The number of ether oxygens (including phenoxy) is 2. The Kier molecular flexibility index (Phi) is 9.18. The van der Waals surface area contributed by atoms with Gasteiger partial charge in [0.2, 0.25) is 0 Å². The van der Waals surface area contributed by atoms with Crippen molar-refractivity contribution in [2.45, 2.75) is 20.5 Å². The SMILES string of the molecule is CCOC(=O)C1=C(O)/C(=C/c2ccc(OCc3ccc([N+](=O)[O-])cc3)c(Br)c2)SC1=NC(=O)c1ccc(C)cc1. The Hall–Kier alpha value is -4.22. The number of nitro benzene ring substituents is 1. The predicted molar refractivity (Wildman–Crippen MR) is 156 cm³/mol. The number of nitro groups is 1. The number of aryl methyl sites for hydroxylation is 1. The van der Waals surface area contributed by atoms with E-state index in [1.807, 2.05) is 6.92 Å². The molecule has 40 heavy (non-hydrogen) atoms. The smallest absolute Gasteiger partial charge is 0.344 e. The highest BCUT2D eigenvalue weighted by atomic mass is 79.9. The van der Waals surface area contributed by atoms with Gasteiger partial charge in [-0.1, -0.05) is 35.5 Å². The fourth-order valence-electron chi connectivity index (χ4n) is 3.59. The van der Waals surface area contributed by atoms with Crippen molar-refractivity contribution < 1.29 is 29.1 Å². The standard InChI is InChI=1S/C29H23BrN2O7S/c1-3-38-29(35)25-26(33)24(40-28(25)31-27(34)20-9-4-17(2)5-10-20)15-19-8-13-23(22(30)14-19)39-16-18-6-11-21(12-7-18)32(36)37/h4-15,33H,3,16H2,1-2H3/b24-15-,31-28?. The molecule has 0 saturated heterocycles. The predicted octanol–water partition coefficient (Wildman–Crippen LogP) is 6.95. The van der Waals surface area contributed by atoms with Gasteiger partial charge in [-0.3, -0.25) is 14.9 Å². The van der Waals surface area contributed by atoms with Crippen molar-refractivity contribution in [3.05, 3.63) is 120 Å². The van der Waals surface area contributed by atoms with E-state index >= 15 is 0 Å². The number of hydrogen-bond donors (Lipinski definition) is 1. The Labute approximate surface area is 242 Å². The first-order valence-electron chi connectivity index (χ1n) is 12.0. The molecule has 0 aromatic heterocycles. The molecule has 0 spiro atoms. The van der Waals surface area contributed by atoms with Crippen LogP contribution < -0.4 is 4.74 Å². The fourth-order valence-corrected chi connectivity index (χ4v) is 5.12. The summed E-state index contributed by atoms with van der Waals surface area (Å²) in [6, 6.07) is 18.2. The lowest BCUT2D eigenvalue weighted by Gasteiger charge is -2.09. The van der Waals surface area contributed by atoms with Crippen LogP contribution in [0.3, 0.4) is 0 Å². The van der Waals surface area contributed by atoms with Crippen molar-refractivity contribution in [1.82, 2.24) is 0 Å². The molecule has 1 N–H and O–H groups in total. The Morgan fingerprint density at radius 1 is 1.10 bits per heavy atom. The number of non-ortho nitro benzene ring substituents is 1. The molecule has 9 nitrogen and oxygen atoms in total.